The van der Waals surface area contributed by atoms with Crippen LogP contribution in [-0.4, -0.2) is 4.98 Å². The predicted octanol–water partition coefficient (Wildman–Crippen LogP) is 5.97. The molecule has 0 atom stereocenters. The van der Waals surface area contributed by atoms with E-state index in [1.807, 2.05) is 0 Å². The molecule has 0 fully saturated rings. The molecule has 1 aromatic carbocycles. The lowest BCUT2D eigenvalue weighted by molar-refractivity contribution is 0.332. The molecule has 0 unspecified atom stereocenters. The molecule has 2 aromatic rings. The van der Waals surface area contributed by atoms with Gasteiger partial charge in [0.15, 0.2) is 0 Å². The van der Waals surface area contributed by atoms with E-state index >= 15 is 0 Å². The number of fused-ring (bicyclic) bond motifs is 1. The highest BCUT2D eigenvalue weighted by molar-refractivity contribution is 5.66. The summed E-state index contributed by atoms with van der Waals surface area (Å²) < 4.78 is 0. The van der Waals surface area contributed by atoms with Crippen LogP contribution in [0.15, 0.2) is 30.3 Å². The summed E-state index contributed by atoms with van der Waals surface area (Å²) in [7, 11) is 0. The Bertz CT molecular complexity index is 738. The van der Waals surface area contributed by atoms with Crippen molar-refractivity contribution in [3.8, 4) is 11.3 Å². The molecule has 1 aliphatic rings. The Labute approximate surface area is 141 Å². The van der Waals surface area contributed by atoms with Crippen LogP contribution >= 0.6 is 0 Å². The second-order valence-electron chi connectivity index (χ2n) is 8.34. The summed E-state index contributed by atoms with van der Waals surface area (Å²) in [5.74, 6) is 0. The van der Waals surface area contributed by atoms with Crippen molar-refractivity contribution in [2.45, 2.75) is 71.6 Å². The van der Waals surface area contributed by atoms with Gasteiger partial charge in [-0.1, -0.05) is 52.8 Å². The second kappa shape index (κ2) is 5.47. The minimum atomic E-state index is 0.247. The van der Waals surface area contributed by atoms with Crippen molar-refractivity contribution >= 4 is 0 Å². The standard InChI is InChI=1S/C22H29N/c1-7-16-9-8-15(2)23-20(16)17-10-11-18-19(14-17)22(5,6)13-12-21(18,3)4/h8-11,14H,7,12-13H2,1-6H3. The predicted molar refractivity (Wildman–Crippen MR) is 99.1 cm³/mol. The first-order valence-electron chi connectivity index (χ1n) is 8.86. The molecule has 0 N–H and O–H groups in total. The van der Waals surface area contributed by atoms with Crippen LogP contribution in [0.3, 0.4) is 0 Å². The van der Waals surface area contributed by atoms with E-state index in [2.05, 4.69) is 71.9 Å². The summed E-state index contributed by atoms with van der Waals surface area (Å²) in [6, 6.07) is 11.4. The van der Waals surface area contributed by atoms with Gasteiger partial charge < -0.3 is 0 Å². The number of hydrogen-bond acceptors (Lipinski definition) is 1. The SMILES string of the molecule is CCc1ccc(C)nc1-c1ccc2c(c1)C(C)(C)CCC2(C)C. The van der Waals surface area contributed by atoms with E-state index < -0.39 is 0 Å². The molecule has 23 heavy (non-hydrogen) atoms. The molecule has 3 rings (SSSR count). The third kappa shape index (κ3) is 2.82. The van der Waals surface area contributed by atoms with Gasteiger partial charge in [-0.3, -0.25) is 4.98 Å². The molecule has 0 bridgehead atoms. The van der Waals surface area contributed by atoms with E-state index in [4.69, 9.17) is 4.98 Å². The van der Waals surface area contributed by atoms with Crippen molar-refractivity contribution in [2.75, 3.05) is 0 Å². The molecule has 1 heterocycles. The number of hydrogen-bond donors (Lipinski definition) is 0. The maximum Gasteiger partial charge on any atom is 0.0737 e. The molecule has 1 nitrogen and oxygen atoms in total. The van der Waals surface area contributed by atoms with Crippen molar-refractivity contribution in [3.63, 3.8) is 0 Å². The molecular weight excluding hydrogens is 278 g/mol. The van der Waals surface area contributed by atoms with E-state index in [-0.39, 0.29) is 10.8 Å². The lowest BCUT2D eigenvalue weighted by Crippen LogP contribution is -2.33. The fraction of sp³-hybridized carbons (Fsp3) is 0.500. The van der Waals surface area contributed by atoms with Crippen molar-refractivity contribution in [1.82, 2.24) is 4.98 Å². The van der Waals surface area contributed by atoms with E-state index in [1.54, 1.807) is 0 Å². The number of nitrogens with zero attached hydrogens (tertiary/aromatic N) is 1. The summed E-state index contributed by atoms with van der Waals surface area (Å²) in [4.78, 5) is 4.85. The Hall–Kier alpha value is -1.63. The highest BCUT2D eigenvalue weighted by Gasteiger charge is 2.37. The number of pyridine rings is 1. The molecule has 1 aliphatic carbocycles. The van der Waals surface area contributed by atoms with Crippen molar-refractivity contribution in [1.29, 1.82) is 0 Å². The van der Waals surface area contributed by atoms with E-state index in [1.165, 1.54) is 35.1 Å². The molecule has 1 aromatic heterocycles. The quantitative estimate of drug-likeness (QED) is 0.666. The van der Waals surface area contributed by atoms with Gasteiger partial charge in [-0.05, 0) is 65.8 Å². The molecular formula is C22H29N. The van der Waals surface area contributed by atoms with Gasteiger partial charge in [0.1, 0.15) is 0 Å². The third-order valence-electron chi connectivity index (χ3n) is 5.63. The van der Waals surface area contributed by atoms with Crippen LogP contribution in [0.1, 0.15) is 69.8 Å². The Kier molecular flexibility index (Phi) is 3.86. The molecule has 0 aliphatic heterocycles. The van der Waals surface area contributed by atoms with Gasteiger partial charge in [0.05, 0.1) is 5.69 Å². The minimum absolute atomic E-state index is 0.247. The zero-order valence-electron chi connectivity index (χ0n) is 15.5. The lowest BCUT2D eigenvalue weighted by Gasteiger charge is -2.42. The van der Waals surface area contributed by atoms with E-state index in [0.29, 0.717) is 0 Å². The molecule has 0 spiro atoms. The average Bonchev–Trinajstić information content (AvgIpc) is 2.51. The van der Waals surface area contributed by atoms with Crippen LogP contribution in [0.4, 0.5) is 0 Å². The summed E-state index contributed by atoms with van der Waals surface area (Å²) in [6.07, 6.45) is 3.53. The molecule has 122 valence electrons. The zero-order chi connectivity index (χ0) is 16.8. The second-order valence-corrected chi connectivity index (χ2v) is 8.34. The van der Waals surface area contributed by atoms with Crippen molar-refractivity contribution in [3.05, 3.63) is 52.7 Å². The Morgan fingerprint density at radius 1 is 0.913 bits per heavy atom. The van der Waals surface area contributed by atoms with Gasteiger partial charge in [-0.25, -0.2) is 0 Å². The van der Waals surface area contributed by atoms with Gasteiger partial charge in [0, 0.05) is 11.3 Å². The molecule has 0 saturated heterocycles. The smallest absolute Gasteiger partial charge is 0.0737 e. The van der Waals surface area contributed by atoms with Crippen LogP contribution < -0.4 is 0 Å². The Balaban J connectivity index is 2.20. The number of aryl methyl sites for hydroxylation is 2. The Morgan fingerprint density at radius 2 is 1.57 bits per heavy atom. The lowest BCUT2D eigenvalue weighted by atomic mass is 9.63. The van der Waals surface area contributed by atoms with Gasteiger partial charge >= 0.3 is 0 Å². The van der Waals surface area contributed by atoms with Crippen molar-refractivity contribution in [2.24, 2.45) is 0 Å². The summed E-state index contributed by atoms with van der Waals surface area (Å²) in [6.45, 7) is 13.8. The summed E-state index contributed by atoms with van der Waals surface area (Å²) in [5.41, 5.74) is 8.41. The Morgan fingerprint density at radius 3 is 2.22 bits per heavy atom. The first-order valence-corrected chi connectivity index (χ1v) is 8.86. The third-order valence-corrected chi connectivity index (χ3v) is 5.63. The fourth-order valence-corrected chi connectivity index (χ4v) is 3.86. The van der Waals surface area contributed by atoms with Crippen LogP contribution in [0.25, 0.3) is 11.3 Å². The summed E-state index contributed by atoms with van der Waals surface area (Å²) in [5, 5.41) is 0. The molecule has 0 radical (unpaired) electrons. The zero-order valence-corrected chi connectivity index (χ0v) is 15.5. The van der Waals surface area contributed by atoms with Crippen LogP contribution in [-0.2, 0) is 17.3 Å². The summed E-state index contributed by atoms with van der Waals surface area (Å²) >= 11 is 0. The van der Waals surface area contributed by atoms with Gasteiger partial charge in [0.25, 0.3) is 0 Å². The maximum atomic E-state index is 4.85. The monoisotopic (exact) mass is 307 g/mol. The first-order chi connectivity index (χ1) is 10.7. The van der Waals surface area contributed by atoms with Crippen LogP contribution in [0.5, 0.6) is 0 Å². The van der Waals surface area contributed by atoms with Gasteiger partial charge in [-0.2, -0.15) is 0 Å². The van der Waals surface area contributed by atoms with Gasteiger partial charge in [0.2, 0.25) is 0 Å². The van der Waals surface area contributed by atoms with E-state index in [9.17, 15) is 0 Å². The number of aromatic nitrogens is 1. The maximum absolute atomic E-state index is 4.85. The normalized spacial score (nSPS) is 18.5. The highest BCUT2D eigenvalue weighted by atomic mass is 14.7. The first kappa shape index (κ1) is 16.2. The molecule has 0 saturated carbocycles. The largest absolute Gasteiger partial charge is 0.253 e. The molecule has 0 amide bonds. The highest BCUT2D eigenvalue weighted by Crippen LogP contribution is 2.46. The van der Waals surface area contributed by atoms with Crippen molar-refractivity contribution < 1.29 is 0 Å². The topological polar surface area (TPSA) is 12.9 Å². The fourth-order valence-electron chi connectivity index (χ4n) is 3.86. The minimum Gasteiger partial charge on any atom is -0.253 e. The van der Waals surface area contributed by atoms with Crippen LogP contribution in [0, 0.1) is 6.92 Å². The number of rotatable bonds is 2. The van der Waals surface area contributed by atoms with Crippen LogP contribution in [0.2, 0.25) is 0 Å². The number of benzene rings is 1. The van der Waals surface area contributed by atoms with E-state index in [0.717, 1.165) is 17.8 Å². The van der Waals surface area contributed by atoms with Gasteiger partial charge in [-0.15, -0.1) is 0 Å². The average molecular weight is 307 g/mol. The molecule has 1 heteroatoms.